The number of rotatable bonds is 4. The number of ketones is 1. The number of anilines is 1. The summed E-state index contributed by atoms with van der Waals surface area (Å²) in [5.41, 5.74) is 8.61. The van der Waals surface area contributed by atoms with Gasteiger partial charge in [0, 0.05) is 32.5 Å². The highest BCUT2D eigenvalue weighted by molar-refractivity contribution is 5.79. The number of benzene rings is 1. The Hall–Kier alpha value is -2.01. The zero-order valence-corrected chi connectivity index (χ0v) is 12.9. The highest BCUT2D eigenvalue weighted by atomic mass is 16.5. The van der Waals surface area contributed by atoms with Crippen molar-refractivity contribution in [3.8, 4) is 11.5 Å². The Morgan fingerprint density at radius 1 is 1.36 bits per heavy atom. The predicted octanol–water partition coefficient (Wildman–Crippen LogP) is 2.03. The van der Waals surface area contributed by atoms with E-state index in [0.29, 0.717) is 43.3 Å². The molecule has 0 radical (unpaired) electrons. The van der Waals surface area contributed by atoms with Gasteiger partial charge in [0.2, 0.25) is 0 Å². The first kappa shape index (κ1) is 14.9. The Balaban J connectivity index is 1.66. The molecule has 118 valence electrons. The number of carbonyl (C=O) groups is 1. The number of nitrogen functional groups attached to an aromatic ring is 1. The first-order chi connectivity index (χ1) is 10.6. The monoisotopic (exact) mass is 302 g/mol. The summed E-state index contributed by atoms with van der Waals surface area (Å²) in [6.07, 6.45) is 5.29. The highest BCUT2D eigenvalue weighted by Crippen LogP contribution is 2.39. The number of nitrogens with zero attached hydrogens (tertiary/aromatic N) is 1. The van der Waals surface area contributed by atoms with Crippen molar-refractivity contribution in [1.82, 2.24) is 4.90 Å². The van der Waals surface area contributed by atoms with Crippen LogP contribution in [0.4, 0.5) is 5.69 Å². The van der Waals surface area contributed by atoms with E-state index in [9.17, 15) is 4.79 Å². The lowest BCUT2D eigenvalue weighted by Crippen LogP contribution is -2.36. The number of piperidine rings is 1. The van der Waals surface area contributed by atoms with Gasteiger partial charge in [0.25, 0.3) is 0 Å². The molecule has 1 aromatic rings. The van der Waals surface area contributed by atoms with Crippen molar-refractivity contribution in [2.24, 2.45) is 0 Å². The minimum absolute atomic E-state index is 0.364. The van der Waals surface area contributed by atoms with Gasteiger partial charge >= 0.3 is 0 Å². The molecule has 2 aliphatic rings. The third-order valence-corrected chi connectivity index (χ3v) is 4.16. The molecule has 1 fully saturated rings. The topological polar surface area (TPSA) is 64.8 Å². The van der Waals surface area contributed by atoms with Crippen molar-refractivity contribution in [2.45, 2.75) is 19.8 Å². The maximum atomic E-state index is 11.2. The summed E-state index contributed by atoms with van der Waals surface area (Å²) in [7, 11) is 0. The van der Waals surface area contributed by atoms with E-state index in [4.69, 9.17) is 15.2 Å². The normalized spacial score (nSPS) is 18.0. The number of likely N-dealkylation sites (tertiary alicyclic amines) is 1. The van der Waals surface area contributed by atoms with Gasteiger partial charge < -0.3 is 15.2 Å². The first-order valence-corrected chi connectivity index (χ1v) is 7.74. The molecular weight excluding hydrogens is 280 g/mol. The number of fused-ring (bicyclic) bond motifs is 1. The van der Waals surface area contributed by atoms with Gasteiger partial charge in [-0.15, -0.1) is 0 Å². The fraction of sp³-hybridized carbons (Fsp3) is 0.471. The fourth-order valence-electron chi connectivity index (χ4n) is 2.94. The van der Waals surface area contributed by atoms with Gasteiger partial charge in [0.1, 0.15) is 24.7 Å². The molecule has 5 heteroatoms. The number of aryl methyl sites for hydroxylation is 1. The number of Topliss-reactive ketones (excluding diaryl/α,β-unsaturated/α-hetero) is 1. The van der Waals surface area contributed by atoms with Gasteiger partial charge in [0.15, 0.2) is 5.75 Å². The Bertz CT molecular complexity index is 600. The van der Waals surface area contributed by atoms with Crippen LogP contribution >= 0.6 is 0 Å². The van der Waals surface area contributed by atoms with Crippen LogP contribution in [0.15, 0.2) is 12.1 Å². The average Bonchev–Trinajstić information content (AvgIpc) is 2.52. The molecule has 0 unspecified atom stereocenters. The second-order valence-electron chi connectivity index (χ2n) is 5.80. The maximum absolute atomic E-state index is 11.2. The molecule has 1 saturated heterocycles. The number of nitrogens with two attached hydrogens (primary N) is 1. The van der Waals surface area contributed by atoms with Crippen LogP contribution in [0.5, 0.6) is 11.5 Å². The zero-order chi connectivity index (χ0) is 15.5. The molecule has 2 N–H and O–H groups in total. The molecule has 0 bridgehead atoms. The van der Waals surface area contributed by atoms with E-state index in [2.05, 4.69) is 4.90 Å². The smallest absolute Gasteiger partial charge is 0.153 e. The second-order valence-corrected chi connectivity index (χ2v) is 5.80. The van der Waals surface area contributed by atoms with Crippen molar-refractivity contribution in [3.05, 3.63) is 23.3 Å². The number of hydrogen-bond donors (Lipinski definition) is 1. The van der Waals surface area contributed by atoms with Crippen molar-refractivity contribution in [1.29, 1.82) is 0 Å². The molecule has 0 amide bonds. The molecule has 1 aromatic carbocycles. The van der Waals surface area contributed by atoms with E-state index >= 15 is 0 Å². The Morgan fingerprint density at radius 3 is 2.91 bits per heavy atom. The molecule has 0 atom stereocenters. The summed E-state index contributed by atoms with van der Waals surface area (Å²) in [6.45, 7) is 5.64. The zero-order valence-electron chi connectivity index (χ0n) is 12.9. The third kappa shape index (κ3) is 3.09. The summed E-state index contributed by atoms with van der Waals surface area (Å²) in [5.74, 6) is 1.92. The van der Waals surface area contributed by atoms with Gasteiger partial charge in [-0.3, -0.25) is 9.69 Å². The molecule has 2 aliphatic heterocycles. The van der Waals surface area contributed by atoms with E-state index in [1.807, 2.05) is 25.1 Å². The van der Waals surface area contributed by atoms with Gasteiger partial charge in [-0.25, -0.2) is 0 Å². The van der Waals surface area contributed by atoms with Crippen molar-refractivity contribution in [3.63, 3.8) is 0 Å². The third-order valence-electron chi connectivity index (χ3n) is 4.16. The lowest BCUT2D eigenvalue weighted by Gasteiger charge is -2.26. The molecule has 3 rings (SSSR count). The van der Waals surface area contributed by atoms with Crippen molar-refractivity contribution in [2.75, 3.05) is 38.6 Å². The summed E-state index contributed by atoms with van der Waals surface area (Å²) in [4.78, 5) is 13.5. The standard InChI is InChI=1S/C17H22N2O3/c1-12-11-15(18)17-14(3-2-9-21-17)16(12)22-10-8-19-6-4-13(20)5-7-19/h2-3,11H,4-10,18H2,1H3. The lowest BCUT2D eigenvalue weighted by molar-refractivity contribution is -0.121. The minimum atomic E-state index is 0.364. The van der Waals surface area contributed by atoms with E-state index in [0.717, 1.165) is 36.5 Å². The lowest BCUT2D eigenvalue weighted by atomic mass is 10.0. The second kappa shape index (κ2) is 6.40. The molecule has 0 spiro atoms. The maximum Gasteiger partial charge on any atom is 0.153 e. The SMILES string of the molecule is Cc1cc(N)c2c(c1OCCN1CCC(=O)CC1)C=CCO2. The number of ether oxygens (including phenoxy) is 2. The summed E-state index contributed by atoms with van der Waals surface area (Å²) >= 11 is 0. The fourth-order valence-corrected chi connectivity index (χ4v) is 2.94. The van der Waals surface area contributed by atoms with Crippen LogP contribution in [0.2, 0.25) is 0 Å². The van der Waals surface area contributed by atoms with E-state index in [1.54, 1.807) is 0 Å². The number of carbonyl (C=O) groups excluding carboxylic acids is 1. The Kier molecular flexibility index (Phi) is 4.34. The largest absolute Gasteiger partial charge is 0.491 e. The molecule has 0 aromatic heterocycles. The predicted molar refractivity (Wildman–Crippen MR) is 86.3 cm³/mol. The minimum Gasteiger partial charge on any atom is -0.491 e. The van der Waals surface area contributed by atoms with Crippen molar-refractivity contribution >= 4 is 17.5 Å². The van der Waals surface area contributed by atoms with Gasteiger partial charge in [-0.05, 0) is 30.7 Å². The summed E-state index contributed by atoms with van der Waals surface area (Å²) in [5, 5.41) is 0. The highest BCUT2D eigenvalue weighted by Gasteiger charge is 2.19. The van der Waals surface area contributed by atoms with Crippen LogP contribution < -0.4 is 15.2 Å². The van der Waals surface area contributed by atoms with Crippen LogP contribution in [-0.4, -0.2) is 43.5 Å². The molecule has 0 aliphatic carbocycles. The summed E-state index contributed by atoms with van der Waals surface area (Å²) < 4.78 is 11.6. The summed E-state index contributed by atoms with van der Waals surface area (Å²) in [6, 6.07) is 1.90. The van der Waals surface area contributed by atoms with E-state index in [1.165, 1.54) is 0 Å². The molecule has 22 heavy (non-hydrogen) atoms. The van der Waals surface area contributed by atoms with Gasteiger partial charge in [0.05, 0.1) is 11.3 Å². The van der Waals surface area contributed by atoms with Crippen LogP contribution in [-0.2, 0) is 4.79 Å². The van der Waals surface area contributed by atoms with Gasteiger partial charge in [-0.1, -0.05) is 0 Å². The first-order valence-electron chi connectivity index (χ1n) is 7.74. The Labute approximate surface area is 130 Å². The van der Waals surface area contributed by atoms with Gasteiger partial charge in [-0.2, -0.15) is 0 Å². The van der Waals surface area contributed by atoms with Crippen molar-refractivity contribution < 1.29 is 14.3 Å². The van der Waals surface area contributed by atoms with Crippen LogP contribution in [0.25, 0.3) is 6.08 Å². The Morgan fingerprint density at radius 2 is 2.14 bits per heavy atom. The van der Waals surface area contributed by atoms with Crippen LogP contribution in [0.3, 0.4) is 0 Å². The molecule has 5 nitrogen and oxygen atoms in total. The quantitative estimate of drug-likeness (QED) is 0.862. The molecule has 2 heterocycles. The molecular formula is C17H22N2O3. The van der Waals surface area contributed by atoms with E-state index < -0.39 is 0 Å². The number of hydrogen-bond acceptors (Lipinski definition) is 5. The average molecular weight is 302 g/mol. The van der Waals surface area contributed by atoms with Crippen LogP contribution in [0.1, 0.15) is 24.0 Å². The molecule has 0 saturated carbocycles. The van der Waals surface area contributed by atoms with Crippen LogP contribution in [0, 0.1) is 6.92 Å². The van der Waals surface area contributed by atoms with E-state index in [-0.39, 0.29) is 0 Å².